The van der Waals surface area contributed by atoms with Crippen LogP contribution in [0.4, 0.5) is 0 Å². The van der Waals surface area contributed by atoms with E-state index in [1.165, 1.54) is 13.0 Å². The third kappa shape index (κ3) is 4.45. The average molecular weight is 184 g/mol. The van der Waals surface area contributed by atoms with Crippen LogP contribution in [0.15, 0.2) is 12.7 Å². The summed E-state index contributed by atoms with van der Waals surface area (Å²) < 4.78 is 5.05. The van der Waals surface area contributed by atoms with Gasteiger partial charge in [-0.15, -0.1) is 0 Å². The maximum absolute atomic E-state index is 11.1. The second-order valence-corrected chi connectivity index (χ2v) is 3.24. The molecule has 0 fully saturated rings. The summed E-state index contributed by atoms with van der Waals surface area (Å²) in [5.74, 6) is -0.466. The van der Waals surface area contributed by atoms with Crippen LogP contribution in [-0.4, -0.2) is 17.4 Å². The molecule has 0 saturated carbocycles. The summed E-state index contributed by atoms with van der Waals surface area (Å²) in [6.07, 6.45) is 2.07. The van der Waals surface area contributed by atoms with E-state index >= 15 is 0 Å². The fraction of sp³-hybridized carbons (Fsp3) is 0.600. The SMILES string of the molecule is C=CC(=O)CC(C)(CC)OC(C)=O. The number of allylic oxidation sites excluding steroid dienone is 1. The quantitative estimate of drug-likeness (QED) is 0.484. The van der Waals surface area contributed by atoms with Gasteiger partial charge in [-0.1, -0.05) is 13.5 Å². The Morgan fingerprint density at radius 3 is 2.38 bits per heavy atom. The molecule has 0 aromatic heterocycles. The van der Waals surface area contributed by atoms with Gasteiger partial charge in [0.25, 0.3) is 0 Å². The van der Waals surface area contributed by atoms with Crippen molar-refractivity contribution in [3.05, 3.63) is 12.7 Å². The van der Waals surface area contributed by atoms with Crippen LogP contribution in [0.1, 0.15) is 33.6 Å². The van der Waals surface area contributed by atoms with Crippen molar-refractivity contribution in [2.45, 2.75) is 39.2 Å². The standard InChI is InChI=1S/C10H16O3/c1-5-9(12)7-10(4,6-2)13-8(3)11/h5H,1,6-7H2,2-4H3. The van der Waals surface area contributed by atoms with Crippen LogP contribution in [0.2, 0.25) is 0 Å². The molecule has 0 heterocycles. The predicted molar refractivity (Wildman–Crippen MR) is 50.3 cm³/mol. The van der Waals surface area contributed by atoms with E-state index in [2.05, 4.69) is 6.58 Å². The van der Waals surface area contributed by atoms with Crippen molar-refractivity contribution in [2.75, 3.05) is 0 Å². The van der Waals surface area contributed by atoms with Gasteiger partial charge in [-0.25, -0.2) is 0 Å². The predicted octanol–water partition coefficient (Wildman–Crippen LogP) is 1.86. The number of esters is 1. The van der Waals surface area contributed by atoms with E-state index < -0.39 is 5.60 Å². The highest BCUT2D eigenvalue weighted by Gasteiger charge is 2.27. The van der Waals surface area contributed by atoms with Gasteiger partial charge in [0.05, 0.1) is 0 Å². The molecule has 0 saturated heterocycles. The van der Waals surface area contributed by atoms with E-state index in [1.54, 1.807) is 6.92 Å². The number of ketones is 1. The van der Waals surface area contributed by atoms with Crippen molar-refractivity contribution in [3.63, 3.8) is 0 Å². The van der Waals surface area contributed by atoms with Crippen molar-refractivity contribution in [2.24, 2.45) is 0 Å². The number of rotatable bonds is 5. The van der Waals surface area contributed by atoms with Crippen molar-refractivity contribution in [1.29, 1.82) is 0 Å². The summed E-state index contributed by atoms with van der Waals surface area (Å²) in [4.78, 5) is 21.8. The van der Waals surface area contributed by atoms with Gasteiger partial charge in [0, 0.05) is 13.3 Å². The number of carbonyl (C=O) groups is 2. The number of hydrogen-bond acceptors (Lipinski definition) is 3. The first kappa shape index (κ1) is 11.9. The first-order valence-corrected chi connectivity index (χ1v) is 4.28. The van der Waals surface area contributed by atoms with Crippen LogP contribution < -0.4 is 0 Å². The van der Waals surface area contributed by atoms with Crippen LogP contribution in [-0.2, 0) is 14.3 Å². The van der Waals surface area contributed by atoms with Crippen molar-refractivity contribution < 1.29 is 14.3 Å². The van der Waals surface area contributed by atoms with Gasteiger partial charge in [0.1, 0.15) is 5.60 Å². The molecule has 74 valence electrons. The summed E-state index contributed by atoms with van der Waals surface area (Å²) in [7, 11) is 0. The molecule has 13 heavy (non-hydrogen) atoms. The van der Waals surface area contributed by atoms with Gasteiger partial charge < -0.3 is 4.74 Å². The lowest BCUT2D eigenvalue weighted by molar-refractivity contribution is -0.157. The van der Waals surface area contributed by atoms with E-state index in [9.17, 15) is 9.59 Å². The maximum atomic E-state index is 11.1. The van der Waals surface area contributed by atoms with Crippen molar-refractivity contribution >= 4 is 11.8 Å². The molecule has 0 rings (SSSR count). The molecule has 0 spiro atoms. The molecule has 0 aromatic carbocycles. The van der Waals surface area contributed by atoms with E-state index in [1.807, 2.05) is 6.92 Å². The maximum Gasteiger partial charge on any atom is 0.303 e. The molecule has 3 heteroatoms. The lowest BCUT2D eigenvalue weighted by Gasteiger charge is -2.26. The zero-order valence-corrected chi connectivity index (χ0v) is 8.42. The van der Waals surface area contributed by atoms with Crippen molar-refractivity contribution in [1.82, 2.24) is 0 Å². The first-order chi connectivity index (χ1) is 5.93. The Bertz CT molecular complexity index is 220. The third-order valence-electron chi connectivity index (χ3n) is 1.91. The summed E-state index contributed by atoms with van der Waals surface area (Å²) in [6.45, 7) is 8.33. The minimum atomic E-state index is -0.683. The number of carbonyl (C=O) groups excluding carboxylic acids is 2. The van der Waals surface area contributed by atoms with Crippen molar-refractivity contribution in [3.8, 4) is 0 Å². The zero-order chi connectivity index (χ0) is 10.5. The highest BCUT2D eigenvalue weighted by molar-refractivity contribution is 5.90. The minimum Gasteiger partial charge on any atom is -0.459 e. The Labute approximate surface area is 78.8 Å². The van der Waals surface area contributed by atoms with Crippen LogP contribution in [0.5, 0.6) is 0 Å². The highest BCUT2D eigenvalue weighted by Crippen LogP contribution is 2.20. The lowest BCUT2D eigenvalue weighted by atomic mass is 9.96. The minimum absolute atomic E-state index is 0.106. The Balaban J connectivity index is 4.35. The number of ether oxygens (including phenoxy) is 1. The van der Waals surface area contributed by atoms with Gasteiger partial charge in [0.15, 0.2) is 5.78 Å². The monoisotopic (exact) mass is 184 g/mol. The molecule has 0 N–H and O–H groups in total. The molecule has 0 bridgehead atoms. The second kappa shape index (κ2) is 4.80. The Hall–Kier alpha value is -1.12. The van der Waals surface area contributed by atoms with Gasteiger partial charge in [-0.05, 0) is 19.4 Å². The molecule has 0 aliphatic rings. The molecule has 0 aliphatic heterocycles. The fourth-order valence-electron chi connectivity index (χ4n) is 1.02. The van der Waals surface area contributed by atoms with E-state index in [0.29, 0.717) is 6.42 Å². The highest BCUT2D eigenvalue weighted by atomic mass is 16.6. The summed E-state index contributed by atoms with van der Waals surface area (Å²) in [6, 6.07) is 0. The van der Waals surface area contributed by atoms with E-state index in [0.717, 1.165) is 0 Å². The third-order valence-corrected chi connectivity index (χ3v) is 1.91. The summed E-state index contributed by atoms with van der Waals surface area (Å²) >= 11 is 0. The van der Waals surface area contributed by atoms with Gasteiger partial charge in [-0.2, -0.15) is 0 Å². The summed E-state index contributed by atoms with van der Waals surface area (Å²) in [5.41, 5.74) is -0.683. The Kier molecular flexibility index (Phi) is 4.38. The molecule has 0 aromatic rings. The van der Waals surface area contributed by atoms with Crippen LogP contribution in [0.3, 0.4) is 0 Å². The van der Waals surface area contributed by atoms with Crippen LogP contribution in [0.25, 0.3) is 0 Å². The van der Waals surface area contributed by atoms with E-state index in [-0.39, 0.29) is 18.2 Å². The summed E-state index contributed by atoms with van der Waals surface area (Å²) in [5, 5.41) is 0. The Morgan fingerprint density at radius 2 is 2.08 bits per heavy atom. The fourth-order valence-corrected chi connectivity index (χ4v) is 1.02. The molecular formula is C10H16O3. The largest absolute Gasteiger partial charge is 0.459 e. The van der Waals surface area contributed by atoms with Gasteiger partial charge in [-0.3, -0.25) is 9.59 Å². The number of hydrogen-bond donors (Lipinski definition) is 0. The topological polar surface area (TPSA) is 43.4 Å². The molecular weight excluding hydrogens is 168 g/mol. The van der Waals surface area contributed by atoms with E-state index in [4.69, 9.17) is 4.74 Å². The van der Waals surface area contributed by atoms with Crippen LogP contribution in [0, 0.1) is 0 Å². The molecule has 0 radical (unpaired) electrons. The molecule has 0 aliphatic carbocycles. The molecule has 3 nitrogen and oxygen atoms in total. The van der Waals surface area contributed by atoms with Gasteiger partial charge in [0.2, 0.25) is 0 Å². The smallest absolute Gasteiger partial charge is 0.303 e. The normalized spacial score (nSPS) is 14.4. The zero-order valence-electron chi connectivity index (χ0n) is 8.42. The van der Waals surface area contributed by atoms with Gasteiger partial charge >= 0.3 is 5.97 Å². The molecule has 0 amide bonds. The second-order valence-electron chi connectivity index (χ2n) is 3.24. The average Bonchev–Trinajstić information content (AvgIpc) is 2.02. The first-order valence-electron chi connectivity index (χ1n) is 4.28. The van der Waals surface area contributed by atoms with Crippen LogP contribution >= 0.6 is 0 Å². The molecule has 1 unspecified atom stereocenters. The Morgan fingerprint density at radius 1 is 1.54 bits per heavy atom. The molecule has 1 atom stereocenters. The lowest BCUT2D eigenvalue weighted by Crippen LogP contribution is -2.32.